The van der Waals surface area contributed by atoms with Gasteiger partial charge in [0.2, 0.25) is 0 Å². The number of hydrogen-bond donors (Lipinski definition) is 2. The second kappa shape index (κ2) is 8.21. The van der Waals surface area contributed by atoms with Crippen LogP contribution in [-0.2, 0) is 6.54 Å². The smallest absolute Gasteiger partial charge is 0.315 e. The van der Waals surface area contributed by atoms with Crippen molar-refractivity contribution >= 4 is 23.5 Å². The molecular weight excluding hydrogens is 361 g/mol. The van der Waals surface area contributed by atoms with Gasteiger partial charge in [-0.05, 0) is 60.7 Å². The summed E-state index contributed by atoms with van der Waals surface area (Å²) in [6.45, 7) is 2.73. The zero-order valence-electron chi connectivity index (χ0n) is 15.2. The van der Waals surface area contributed by atoms with E-state index in [-0.39, 0.29) is 17.9 Å². The fourth-order valence-corrected chi connectivity index (χ4v) is 4.81. The normalized spacial score (nSPS) is 18.9. The van der Waals surface area contributed by atoms with Crippen molar-refractivity contribution in [3.05, 3.63) is 59.4 Å². The number of halogens is 1. The Morgan fingerprint density at radius 3 is 2.70 bits per heavy atom. The van der Waals surface area contributed by atoms with Crippen LogP contribution < -0.4 is 15.5 Å². The van der Waals surface area contributed by atoms with E-state index in [2.05, 4.69) is 39.8 Å². The van der Waals surface area contributed by atoms with E-state index < -0.39 is 0 Å². The number of benzene rings is 2. The van der Waals surface area contributed by atoms with Crippen LogP contribution in [0.25, 0.3) is 0 Å². The van der Waals surface area contributed by atoms with Crippen molar-refractivity contribution in [2.24, 2.45) is 0 Å². The van der Waals surface area contributed by atoms with Gasteiger partial charge in [-0.1, -0.05) is 12.1 Å². The summed E-state index contributed by atoms with van der Waals surface area (Å²) in [5.41, 5.74) is 3.19. The van der Waals surface area contributed by atoms with Crippen molar-refractivity contribution < 1.29 is 9.18 Å². The Morgan fingerprint density at radius 1 is 1.15 bits per heavy atom. The third-order valence-electron chi connectivity index (χ3n) is 5.18. The molecule has 27 heavy (non-hydrogen) atoms. The predicted octanol–water partition coefficient (Wildman–Crippen LogP) is 4.46. The highest BCUT2D eigenvalue weighted by Crippen LogP contribution is 2.36. The average Bonchev–Trinajstić information content (AvgIpc) is 3.22. The van der Waals surface area contributed by atoms with E-state index in [1.165, 1.54) is 30.7 Å². The molecule has 2 heterocycles. The maximum atomic E-state index is 13.6. The standard InChI is InChI=1S/C21H24FN3OS/c22-16-5-8-20-18(13-16)19(9-12-27-20)24-21(26)23-14-15-3-6-17(7-4-15)25-10-1-2-11-25/h3-8,13,19H,1-2,9-12,14H2,(H2,23,24,26). The van der Waals surface area contributed by atoms with Crippen molar-refractivity contribution in [3.8, 4) is 0 Å². The number of nitrogens with one attached hydrogen (secondary N) is 2. The molecule has 0 spiro atoms. The van der Waals surface area contributed by atoms with Gasteiger partial charge in [0.05, 0.1) is 6.04 Å². The lowest BCUT2D eigenvalue weighted by Gasteiger charge is -2.26. The summed E-state index contributed by atoms with van der Waals surface area (Å²) < 4.78 is 13.6. The van der Waals surface area contributed by atoms with Gasteiger partial charge in [-0.15, -0.1) is 11.8 Å². The number of carbonyl (C=O) groups is 1. The van der Waals surface area contributed by atoms with Crippen LogP contribution in [-0.4, -0.2) is 24.9 Å². The fourth-order valence-electron chi connectivity index (χ4n) is 3.71. The van der Waals surface area contributed by atoms with E-state index in [1.807, 2.05) is 0 Å². The number of carbonyl (C=O) groups excluding carboxylic acids is 1. The second-order valence-corrected chi connectivity index (χ2v) is 8.20. The quantitative estimate of drug-likeness (QED) is 0.817. The van der Waals surface area contributed by atoms with Gasteiger partial charge in [0, 0.05) is 36.0 Å². The highest BCUT2D eigenvalue weighted by molar-refractivity contribution is 7.99. The van der Waals surface area contributed by atoms with Gasteiger partial charge < -0.3 is 15.5 Å². The molecule has 0 radical (unpaired) electrons. The highest BCUT2D eigenvalue weighted by atomic mass is 32.2. The van der Waals surface area contributed by atoms with Crippen LogP contribution in [0.4, 0.5) is 14.9 Å². The molecule has 1 saturated heterocycles. The van der Waals surface area contributed by atoms with Gasteiger partial charge in [0.1, 0.15) is 5.82 Å². The van der Waals surface area contributed by atoms with Crippen LogP contribution in [0, 0.1) is 5.82 Å². The third-order valence-corrected chi connectivity index (χ3v) is 6.30. The van der Waals surface area contributed by atoms with Gasteiger partial charge in [-0.3, -0.25) is 0 Å². The van der Waals surface area contributed by atoms with Crippen molar-refractivity contribution in [1.82, 2.24) is 10.6 Å². The Balaban J connectivity index is 1.32. The number of hydrogen-bond acceptors (Lipinski definition) is 3. The minimum Gasteiger partial charge on any atom is -0.372 e. The summed E-state index contributed by atoms with van der Waals surface area (Å²) >= 11 is 1.71. The van der Waals surface area contributed by atoms with Crippen LogP contribution in [0.1, 0.15) is 36.4 Å². The molecule has 1 fully saturated rings. The molecule has 2 aliphatic heterocycles. The van der Waals surface area contributed by atoms with E-state index >= 15 is 0 Å². The molecule has 0 saturated carbocycles. The highest BCUT2D eigenvalue weighted by Gasteiger charge is 2.22. The Bertz CT molecular complexity index is 806. The zero-order chi connectivity index (χ0) is 18.6. The molecule has 2 aromatic rings. The number of amides is 2. The first-order valence-electron chi connectivity index (χ1n) is 9.49. The summed E-state index contributed by atoms with van der Waals surface area (Å²) in [6, 6.07) is 12.8. The molecule has 1 atom stereocenters. The molecular formula is C21H24FN3OS. The molecule has 2 aliphatic rings. The Kier molecular flexibility index (Phi) is 5.53. The first kappa shape index (κ1) is 18.2. The first-order valence-corrected chi connectivity index (χ1v) is 10.5. The Labute approximate surface area is 163 Å². The predicted molar refractivity (Wildman–Crippen MR) is 108 cm³/mol. The lowest BCUT2D eigenvalue weighted by molar-refractivity contribution is 0.236. The lowest BCUT2D eigenvalue weighted by Crippen LogP contribution is -2.38. The molecule has 0 bridgehead atoms. The average molecular weight is 386 g/mol. The minimum atomic E-state index is -0.262. The lowest BCUT2D eigenvalue weighted by atomic mass is 10.0. The van der Waals surface area contributed by atoms with E-state index in [1.54, 1.807) is 17.8 Å². The Morgan fingerprint density at radius 2 is 1.93 bits per heavy atom. The zero-order valence-corrected chi connectivity index (χ0v) is 16.0. The van der Waals surface area contributed by atoms with Crippen LogP contribution >= 0.6 is 11.8 Å². The van der Waals surface area contributed by atoms with Gasteiger partial charge in [-0.2, -0.15) is 0 Å². The van der Waals surface area contributed by atoms with Gasteiger partial charge >= 0.3 is 6.03 Å². The molecule has 0 aromatic heterocycles. The van der Waals surface area contributed by atoms with Crippen molar-refractivity contribution in [3.63, 3.8) is 0 Å². The molecule has 2 aromatic carbocycles. The summed E-state index contributed by atoms with van der Waals surface area (Å²) in [4.78, 5) is 15.8. The molecule has 6 heteroatoms. The van der Waals surface area contributed by atoms with Crippen LogP contribution in [0.3, 0.4) is 0 Å². The van der Waals surface area contributed by atoms with E-state index in [9.17, 15) is 9.18 Å². The monoisotopic (exact) mass is 385 g/mol. The van der Waals surface area contributed by atoms with Crippen molar-refractivity contribution in [2.45, 2.75) is 36.7 Å². The number of fused-ring (bicyclic) bond motifs is 1. The number of nitrogens with zero attached hydrogens (tertiary/aromatic N) is 1. The molecule has 2 amide bonds. The molecule has 4 rings (SSSR count). The number of urea groups is 1. The molecule has 4 nitrogen and oxygen atoms in total. The van der Waals surface area contributed by atoms with Gasteiger partial charge in [0.25, 0.3) is 0 Å². The van der Waals surface area contributed by atoms with E-state index in [4.69, 9.17) is 0 Å². The van der Waals surface area contributed by atoms with Gasteiger partial charge in [-0.25, -0.2) is 9.18 Å². The van der Waals surface area contributed by atoms with Crippen LogP contribution in [0.5, 0.6) is 0 Å². The van der Waals surface area contributed by atoms with E-state index in [0.29, 0.717) is 6.54 Å². The minimum absolute atomic E-state index is 0.144. The summed E-state index contributed by atoms with van der Waals surface area (Å²) in [7, 11) is 0. The second-order valence-electron chi connectivity index (χ2n) is 7.06. The fraction of sp³-hybridized carbons (Fsp3) is 0.381. The molecule has 142 valence electrons. The van der Waals surface area contributed by atoms with E-state index in [0.717, 1.165) is 41.3 Å². The number of anilines is 1. The number of thioether (sulfide) groups is 1. The van der Waals surface area contributed by atoms with Crippen LogP contribution in [0.2, 0.25) is 0 Å². The SMILES string of the molecule is O=C(NCc1ccc(N2CCCC2)cc1)NC1CCSc2ccc(F)cc21. The summed E-state index contributed by atoms with van der Waals surface area (Å²) in [5, 5.41) is 5.91. The van der Waals surface area contributed by atoms with Crippen molar-refractivity contribution in [2.75, 3.05) is 23.7 Å². The summed E-state index contributed by atoms with van der Waals surface area (Å²) in [5.74, 6) is 0.656. The maximum absolute atomic E-state index is 13.6. The first-order chi connectivity index (χ1) is 13.2. The summed E-state index contributed by atoms with van der Waals surface area (Å²) in [6.07, 6.45) is 3.32. The van der Waals surface area contributed by atoms with Gasteiger partial charge in [0.15, 0.2) is 0 Å². The van der Waals surface area contributed by atoms with Crippen LogP contribution in [0.15, 0.2) is 47.4 Å². The van der Waals surface area contributed by atoms with Crippen molar-refractivity contribution in [1.29, 1.82) is 0 Å². The maximum Gasteiger partial charge on any atom is 0.315 e. The molecule has 0 aliphatic carbocycles. The largest absolute Gasteiger partial charge is 0.372 e. The molecule has 2 N–H and O–H groups in total. The third kappa shape index (κ3) is 4.38. The Hall–Kier alpha value is -2.21. The topological polar surface area (TPSA) is 44.4 Å². The number of rotatable bonds is 4. The molecule has 1 unspecified atom stereocenters.